The van der Waals surface area contributed by atoms with Gasteiger partial charge in [-0.2, -0.15) is 0 Å². The molecule has 2 fully saturated rings. The minimum absolute atomic E-state index is 0.431. The Balaban J connectivity index is 1.45. The van der Waals surface area contributed by atoms with Crippen LogP contribution in [0.3, 0.4) is 0 Å². The number of aryl methyl sites for hydroxylation is 1. The molecule has 0 N–H and O–H groups in total. The fraction of sp³-hybridized carbons (Fsp3) is 0.737. The molecule has 1 saturated heterocycles. The number of nitrogens with zero attached hydrogens (tertiary/aromatic N) is 7. The van der Waals surface area contributed by atoms with E-state index in [1.54, 1.807) is 0 Å². The van der Waals surface area contributed by atoms with Crippen molar-refractivity contribution in [1.29, 1.82) is 0 Å². The first-order valence-electron chi connectivity index (χ1n) is 9.77. The fourth-order valence-electron chi connectivity index (χ4n) is 4.49. The number of imidazole rings is 1. The van der Waals surface area contributed by atoms with Crippen LogP contribution in [0.25, 0.3) is 0 Å². The Labute approximate surface area is 156 Å². The molecule has 0 aromatic carbocycles. The number of hydrogen-bond acceptors (Lipinski definition) is 5. The van der Waals surface area contributed by atoms with Crippen molar-refractivity contribution in [3.05, 3.63) is 29.9 Å². The van der Waals surface area contributed by atoms with Gasteiger partial charge in [0.05, 0.1) is 24.6 Å². The Bertz CT molecular complexity index is 745. The van der Waals surface area contributed by atoms with Gasteiger partial charge in [0.15, 0.2) is 0 Å². The lowest BCUT2D eigenvalue weighted by molar-refractivity contribution is 0.0871. The van der Waals surface area contributed by atoms with Crippen LogP contribution < -0.4 is 0 Å². The molecular formula is C19H31N7. The molecule has 2 aromatic heterocycles. The van der Waals surface area contributed by atoms with Crippen LogP contribution in [0.15, 0.2) is 12.5 Å². The molecule has 7 heteroatoms. The van der Waals surface area contributed by atoms with E-state index in [0.29, 0.717) is 17.9 Å². The molecule has 2 aliphatic rings. The molecule has 0 radical (unpaired) electrons. The van der Waals surface area contributed by atoms with Gasteiger partial charge < -0.3 is 9.13 Å². The second-order valence-corrected chi connectivity index (χ2v) is 8.26. The van der Waals surface area contributed by atoms with E-state index in [-0.39, 0.29) is 0 Å². The maximum Gasteiger partial charge on any atom is 0.146 e. The molecule has 2 aromatic rings. The molecule has 1 aliphatic carbocycles. The molecule has 26 heavy (non-hydrogen) atoms. The Morgan fingerprint density at radius 1 is 1.15 bits per heavy atom. The first kappa shape index (κ1) is 17.7. The zero-order chi connectivity index (χ0) is 18.3. The van der Waals surface area contributed by atoms with Crippen molar-refractivity contribution in [2.45, 2.75) is 44.2 Å². The number of hydrogen-bond donors (Lipinski definition) is 0. The molecule has 1 saturated carbocycles. The van der Waals surface area contributed by atoms with Crippen LogP contribution in [0.2, 0.25) is 0 Å². The van der Waals surface area contributed by atoms with Gasteiger partial charge in [0.25, 0.3) is 0 Å². The molecule has 0 amide bonds. The molecule has 3 heterocycles. The molecule has 142 valence electrons. The number of piperidine rings is 1. The van der Waals surface area contributed by atoms with Crippen LogP contribution in [-0.4, -0.2) is 61.3 Å². The Kier molecular flexibility index (Phi) is 4.84. The van der Waals surface area contributed by atoms with Crippen LogP contribution in [0.1, 0.15) is 55.0 Å². The van der Waals surface area contributed by atoms with Crippen molar-refractivity contribution < 1.29 is 0 Å². The summed E-state index contributed by atoms with van der Waals surface area (Å²) in [4.78, 5) is 9.25. The standard InChI is InChI=1S/C19H31N7/c1-23(12-17-21-22-19(26(17)4)14-7-8-14)11-15-6-5-9-24(2)18(15)16-10-20-13-25(16)3/h10,13-15,18H,5-9,11-12H2,1-4H3/t15-,18+/m0/s1. The van der Waals surface area contributed by atoms with Gasteiger partial charge in [-0.05, 0) is 52.2 Å². The van der Waals surface area contributed by atoms with Gasteiger partial charge in [0.2, 0.25) is 0 Å². The van der Waals surface area contributed by atoms with Gasteiger partial charge in [0, 0.05) is 32.8 Å². The van der Waals surface area contributed by atoms with Crippen molar-refractivity contribution in [3.63, 3.8) is 0 Å². The van der Waals surface area contributed by atoms with E-state index in [2.05, 4.69) is 62.3 Å². The summed E-state index contributed by atoms with van der Waals surface area (Å²) in [6.07, 6.45) is 9.00. The van der Waals surface area contributed by atoms with Gasteiger partial charge in [-0.3, -0.25) is 9.80 Å². The third-order valence-corrected chi connectivity index (χ3v) is 6.06. The second-order valence-electron chi connectivity index (χ2n) is 8.26. The summed E-state index contributed by atoms with van der Waals surface area (Å²) >= 11 is 0. The molecule has 0 unspecified atom stereocenters. The van der Waals surface area contributed by atoms with Gasteiger partial charge in [-0.1, -0.05) is 0 Å². The highest BCUT2D eigenvalue weighted by Crippen LogP contribution is 2.39. The van der Waals surface area contributed by atoms with E-state index in [9.17, 15) is 0 Å². The Morgan fingerprint density at radius 2 is 1.96 bits per heavy atom. The van der Waals surface area contributed by atoms with Crippen molar-refractivity contribution in [1.82, 2.24) is 34.1 Å². The van der Waals surface area contributed by atoms with Crippen LogP contribution >= 0.6 is 0 Å². The first-order valence-corrected chi connectivity index (χ1v) is 9.77. The van der Waals surface area contributed by atoms with Crippen molar-refractivity contribution >= 4 is 0 Å². The molecule has 1 aliphatic heterocycles. The highest BCUT2D eigenvalue weighted by molar-refractivity contribution is 5.09. The van der Waals surface area contributed by atoms with Crippen molar-refractivity contribution in [3.8, 4) is 0 Å². The first-order chi connectivity index (χ1) is 12.5. The Hall–Kier alpha value is -1.73. The minimum Gasteiger partial charge on any atom is -0.336 e. The lowest BCUT2D eigenvalue weighted by atomic mass is 9.87. The zero-order valence-corrected chi connectivity index (χ0v) is 16.5. The fourth-order valence-corrected chi connectivity index (χ4v) is 4.49. The van der Waals surface area contributed by atoms with Crippen LogP contribution in [0, 0.1) is 5.92 Å². The molecule has 2 atom stereocenters. The Morgan fingerprint density at radius 3 is 2.65 bits per heavy atom. The summed E-state index contributed by atoms with van der Waals surface area (Å²) in [5, 5.41) is 8.88. The topological polar surface area (TPSA) is 55.0 Å². The van der Waals surface area contributed by atoms with Gasteiger partial charge in [-0.25, -0.2) is 4.98 Å². The third kappa shape index (κ3) is 3.42. The van der Waals surface area contributed by atoms with Gasteiger partial charge in [0.1, 0.15) is 11.6 Å². The highest BCUT2D eigenvalue weighted by atomic mass is 15.3. The molecule has 7 nitrogen and oxygen atoms in total. The lowest BCUT2D eigenvalue weighted by Crippen LogP contribution is -2.41. The summed E-state index contributed by atoms with van der Waals surface area (Å²) in [7, 11) is 8.67. The summed E-state index contributed by atoms with van der Waals surface area (Å²) in [5.74, 6) is 3.49. The maximum absolute atomic E-state index is 4.45. The largest absolute Gasteiger partial charge is 0.336 e. The van der Waals surface area contributed by atoms with E-state index in [1.807, 2.05) is 12.5 Å². The summed E-state index contributed by atoms with van der Waals surface area (Å²) in [6, 6.07) is 0.431. The third-order valence-electron chi connectivity index (χ3n) is 6.06. The number of aromatic nitrogens is 5. The van der Waals surface area contributed by atoms with E-state index in [1.165, 1.54) is 37.2 Å². The SMILES string of the molecule is CN(Cc1nnc(C2CC2)n1C)C[C@@H]1CCCN(C)[C@H]1c1cncn1C. The average molecular weight is 358 g/mol. The highest BCUT2D eigenvalue weighted by Gasteiger charge is 2.33. The lowest BCUT2D eigenvalue weighted by Gasteiger charge is -2.40. The van der Waals surface area contributed by atoms with E-state index in [0.717, 1.165) is 25.5 Å². The maximum atomic E-state index is 4.45. The van der Waals surface area contributed by atoms with Crippen LogP contribution in [0.5, 0.6) is 0 Å². The monoisotopic (exact) mass is 357 g/mol. The van der Waals surface area contributed by atoms with E-state index in [4.69, 9.17) is 0 Å². The molecule has 0 spiro atoms. The smallest absolute Gasteiger partial charge is 0.146 e. The predicted molar refractivity (Wildman–Crippen MR) is 101 cm³/mol. The predicted octanol–water partition coefficient (Wildman–Crippen LogP) is 1.94. The number of likely N-dealkylation sites (tertiary alicyclic amines) is 1. The normalized spacial score (nSPS) is 24.5. The summed E-state index contributed by atoms with van der Waals surface area (Å²) in [5.41, 5.74) is 1.32. The van der Waals surface area contributed by atoms with Crippen molar-refractivity contribution in [2.24, 2.45) is 20.0 Å². The molecule has 4 rings (SSSR count). The van der Waals surface area contributed by atoms with Crippen LogP contribution in [0.4, 0.5) is 0 Å². The average Bonchev–Trinajstić information content (AvgIpc) is 3.26. The molecular weight excluding hydrogens is 326 g/mol. The zero-order valence-electron chi connectivity index (χ0n) is 16.5. The second kappa shape index (κ2) is 7.12. The van der Waals surface area contributed by atoms with Gasteiger partial charge >= 0.3 is 0 Å². The van der Waals surface area contributed by atoms with E-state index >= 15 is 0 Å². The van der Waals surface area contributed by atoms with Crippen LogP contribution in [-0.2, 0) is 20.6 Å². The summed E-state index contributed by atoms with van der Waals surface area (Å²) in [6.45, 7) is 3.07. The number of rotatable bonds is 6. The summed E-state index contributed by atoms with van der Waals surface area (Å²) < 4.78 is 4.38. The molecule has 0 bridgehead atoms. The minimum atomic E-state index is 0.431. The van der Waals surface area contributed by atoms with Crippen molar-refractivity contribution in [2.75, 3.05) is 27.2 Å². The van der Waals surface area contributed by atoms with Gasteiger partial charge in [-0.15, -0.1) is 10.2 Å². The quantitative estimate of drug-likeness (QED) is 0.791. The van der Waals surface area contributed by atoms with E-state index < -0.39 is 0 Å².